The van der Waals surface area contributed by atoms with Gasteiger partial charge >= 0.3 is 0 Å². The van der Waals surface area contributed by atoms with E-state index in [2.05, 4.69) is 168 Å². The fourth-order valence-corrected chi connectivity index (χ4v) is 16.9. The minimum absolute atomic E-state index is 0.819. The average molecular weight is 1390 g/mol. The van der Waals surface area contributed by atoms with Crippen molar-refractivity contribution in [3.8, 4) is 0 Å². The molecule has 0 aromatic heterocycles. The second-order valence-corrected chi connectivity index (χ2v) is 31.2. The van der Waals surface area contributed by atoms with Gasteiger partial charge in [0, 0.05) is 155 Å². The Balaban J connectivity index is 0.000000146. The molecule has 12 aliphatic rings. The number of hydrogen-bond acceptors (Lipinski definition) is 16. The molecule has 1 saturated carbocycles. The molecule has 3 aromatic carbocycles. The Morgan fingerprint density at radius 1 is 0.330 bits per heavy atom. The van der Waals surface area contributed by atoms with Gasteiger partial charge in [-0.25, -0.2) is 0 Å². The van der Waals surface area contributed by atoms with Crippen LogP contribution in [0.25, 0.3) is 0 Å². The molecule has 16 heteroatoms. The van der Waals surface area contributed by atoms with Gasteiger partial charge in [-0.1, -0.05) is 118 Å². The van der Waals surface area contributed by atoms with Crippen molar-refractivity contribution in [2.75, 3.05) is 234 Å². The van der Waals surface area contributed by atoms with Crippen LogP contribution in [0.3, 0.4) is 0 Å². The van der Waals surface area contributed by atoms with Crippen molar-refractivity contribution in [2.24, 2.45) is 17.6 Å². The van der Waals surface area contributed by atoms with E-state index in [-0.39, 0.29) is 0 Å². The zero-order chi connectivity index (χ0) is 69.2. The summed E-state index contributed by atoms with van der Waals surface area (Å²) in [5.41, 5.74) is 11.0. The number of nitrogens with one attached hydrogen (secondary N) is 7. The van der Waals surface area contributed by atoms with Crippen LogP contribution in [0.15, 0.2) is 84.9 Å². The van der Waals surface area contributed by atoms with Crippen LogP contribution in [0.5, 0.6) is 0 Å². The first-order valence-corrected chi connectivity index (χ1v) is 42.2. The van der Waals surface area contributed by atoms with Gasteiger partial charge in [-0.05, 0) is 261 Å². The quantitative estimate of drug-likeness (QED) is 0.0733. The Labute approximate surface area is 613 Å². The number of piperazine rings is 4. The average Bonchev–Trinajstić information content (AvgIpc) is 1.15. The van der Waals surface area contributed by atoms with E-state index in [1.165, 1.54) is 347 Å². The molecule has 1 aliphatic carbocycles. The summed E-state index contributed by atoms with van der Waals surface area (Å²) in [5, 5.41) is 23.8. The van der Waals surface area contributed by atoms with Crippen molar-refractivity contribution in [1.82, 2.24) is 71.5 Å². The minimum atomic E-state index is 0.819. The van der Waals surface area contributed by atoms with E-state index >= 15 is 0 Å². The van der Waals surface area contributed by atoms with E-state index in [1.54, 1.807) is 0 Å². The summed E-state index contributed by atoms with van der Waals surface area (Å²) < 4.78 is 0. The molecular weight excluding hydrogens is 1230 g/mol. The molecule has 12 fully saturated rings. The monoisotopic (exact) mass is 1390 g/mol. The lowest BCUT2D eigenvalue weighted by Gasteiger charge is -2.36. The molecule has 0 bridgehead atoms. The maximum atomic E-state index is 5.42. The summed E-state index contributed by atoms with van der Waals surface area (Å²) in [6.45, 7) is 46.1. The molecule has 3 aromatic rings. The first-order valence-electron chi connectivity index (χ1n) is 42.2. The maximum Gasteiger partial charge on any atom is 0.0369 e. The molecule has 0 radical (unpaired) electrons. The molecule has 0 unspecified atom stereocenters. The number of aryl methyl sites for hydroxylation is 1. The molecule has 0 spiro atoms. The Morgan fingerprint density at radius 3 is 1.27 bits per heavy atom. The van der Waals surface area contributed by atoms with E-state index in [0.29, 0.717) is 0 Å². The van der Waals surface area contributed by atoms with Gasteiger partial charge in [-0.3, -0.25) is 9.80 Å². The maximum absolute atomic E-state index is 5.42. The Bertz CT molecular complexity index is 2220. The third-order valence-corrected chi connectivity index (χ3v) is 23.2. The summed E-state index contributed by atoms with van der Waals surface area (Å²) in [7, 11) is 0. The van der Waals surface area contributed by atoms with E-state index in [9.17, 15) is 0 Å². The lowest BCUT2D eigenvalue weighted by molar-refractivity contribution is 0.136. The van der Waals surface area contributed by atoms with Gasteiger partial charge in [0.1, 0.15) is 0 Å². The van der Waals surface area contributed by atoms with Gasteiger partial charge in [0.15, 0.2) is 0 Å². The van der Waals surface area contributed by atoms with E-state index < -0.39 is 0 Å². The highest BCUT2D eigenvalue weighted by Gasteiger charge is 2.24. The molecule has 11 aliphatic heterocycles. The van der Waals surface area contributed by atoms with Crippen molar-refractivity contribution in [3.63, 3.8) is 0 Å². The molecule has 9 N–H and O–H groups in total. The highest BCUT2D eigenvalue weighted by atomic mass is 15.2. The second kappa shape index (κ2) is 53.6. The number of benzene rings is 3. The largest absolute Gasteiger partial charge is 0.369 e. The summed E-state index contributed by atoms with van der Waals surface area (Å²) in [4.78, 5) is 20.7. The van der Waals surface area contributed by atoms with E-state index in [0.717, 1.165) is 95.9 Å². The fourth-order valence-electron chi connectivity index (χ4n) is 16.9. The first-order chi connectivity index (χ1) is 49.5. The van der Waals surface area contributed by atoms with Crippen LogP contribution in [0, 0.1) is 18.8 Å². The van der Waals surface area contributed by atoms with Crippen LogP contribution in [-0.2, 0) is 13.0 Å². The zero-order valence-corrected chi connectivity index (χ0v) is 64.2. The number of nitrogens with two attached hydrogens (primary N) is 1. The Hall–Kier alpha value is -3.14. The van der Waals surface area contributed by atoms with Crippen LogP contribution >= 0.6 is 0 Å². The first kappa shape index (κ1) is 82.5. The second-order valence-electron chi connectivity index (χ2n) is 31.2. The highest BCUT2D eigenvalue weighted by Crippen LogP contribution is 2.24. The molecule has 15 rings (SSSR count). The fraction of sp³-hybridized carbons (Fsp3) is 0.786. The molecule has 568 valence electrons. The van der Waals surface area contributed by atoms with Crippen molar-refractivity contribution >= 4 is 5.69 Å². The number of anilines is 1. The van der Waals surface area contributed by atoms with Gasteiger partial charge in [0.05, 0.1) is 0 Å². The summed E-state index contributed by atoms with van der Waals surface area (Å²) in [6.07, 6.45) is 35.5. The lowest BCUT2D eigenvalue weighted by atomic mass is 9.94. The number of piperidine rings is 7. The van der Waals surface area contributed by atoms with Gasteiger partial charge in [-0.15, -0.1) is 0 Å². The van der Waals surface area contributed by atoms with Crippen molar-refractivity contribution in [3.05, 3.63) is 102 Å². The summed E-state index contributed by atoms with van der Waals surface area (Å²) in [5.74, 6) is 2.00. The SMILES string of the molecule is C1CCC(N2CCNCC2)CC1.C1CCN(C2CCNCC2)CC1.C1CCN(CC2CCNCC2)CC1.C1CCN(CCC2CCNCC2)CC1.Cc1cccc(N2CCNCC2)c1.NCCN1CCCCC1.c1ccc(CCN2CCNCC2)cc1.c1ccc(CN2CCNCC2)cc1. The predicted molar refractivity (Wildman–Crippen MR) is 429 cm³/mol. The molecule has 11 heterocycles. The molecule has 100 heavy (non-hydrogen) atoms. The normalized spacial score (nSPS) is 23.6. The van der Waals surface area contributed by atoms with Crippen molar-refractivity contribution in [1.29, 1.82) is 0 Å². The third kappa shape index (κ3) is 36.2. The Morgan fingerprint density at radius 2 is 0.740 bits per heavy atom. The van der Waals surface area contributed by atoms with Crippen LogP contribution in [0.4, 0.5) is 5.69 Å². The molecule has 0 atom stereocenters. The standard InChI is InChI=1S/C12H24N2.C12H18N2.C11H16N2.C11H22N2.C11H16N2.2C10H20N2.C7H16N2/c1-2-9-14(10-3-1)11-6-12-4-7-13-8-5-12;1-2-4-12(5-3-1)6-9-14-10-7-13-8-11-14;1-10-3-2-4-11(9-10)13-7-5-12-6-8-13;1-2-8-13(9-3-1)10-11-4-6-12-7-5-11;1-2-4-11(5-3-1)10-13-8-6-12-7-9-13;1-2-8-12(9-3-1)10-4-6-11-7-5-10;1-2-4-10(5-3-1)12-8-6-11-7-9-12;8-4-7-9-5-2-1-3-6-9/h12-13H,1-11H2;1-5,13H,6-11H2;2-4,9,12H,5-8H2,1H3;11-12H,1-10H2;1-5,12H,6-10H2;2*10-11H,1-9H2;1-8H2. The number of rotatable bonds is 15. The van der Waals surface area contributed by atoms with Crippen molar-refractivity contribution in [2.45, 2.75) is 186 Å². The highest BCUT2D eigenvalue weighted by molar-refractivity contribution is 5.48. The zero-order valence-electron chi connectivity index (χ0n) is 64.2. The molecule has 0 amide bonds. The number of likely N-dealkylation sites (tertiary alicyclic amines) is 4. The molecular formula is C84H152N16. The lowest BCUT2D eigenvalue weighted by Crippen LogP contribution is -2.48. The van der Waals surface area contributed by atoms with E-state index in [1.807, 2.05) is 0 Å². The van der Waals surface area contributed by atoms with Gasteiger partial charge in [-0.2, -0.15) is 0 Å². The van der Waals surface area contributed by atoms with Crippen LogP contribution in [0.1, 0.15) is 171 Å². The topological polar surface area (TPSA) is 136 Å². The van der Waals surface area contributed by atoms with Crippen molar-refractivity contribution < 1.29 is 0 Å². The third-order valence-electron chi connectivity index (χ3n) is 23.2. The van der Waals surface area contributed by atoms with Gasteiger partial charge in [0.25, 0.3) is 0 Å². The smallest absolute Gasteiger partial charge is 0.0369 e. The van der Waals surface area contributed by atoms with E-state index in [4.69, 9.17) is 5.73 Å². The predicted octanol–water partition coefficient (Wildman–Crippen LogP) is 9.84. The number of hydrogen-bond donors (Lipinski definition) is 8. The number of nitrogens with zero attached hydrogens (tertiary/aromatic N) is 8. The van der Waals surface area contributed by atoms with Crippen LogP contribution in [0.2, 0.25) is 0 Å². The van der Waals surface area contributed by atoms with Gasteiger partial charge < -0.3 is 72.4 Å². The van der Waals surface area contributed by atoms with Crippen LogP contribution in [-0.4, -0.2) is 275 Å². The van der Waals surface area contributed by atoms with Crippen LogP contribution < -0.4 is 47.9 Å². The minimum Gasteiger partial charge on any atom is -0.369 e. The summed E-state index contributed by atoms with van der Waals surface area (Å²) in [6, 6.07) is 32.0. The molecule has 16 nitrogen and oxygen atoms in total. The van der Waals surface area contributed by atoms with Gasteiger partial charge in [0.2, 0.25) is 0 Å². The Kier molecular flexibility index (Phi) is 44.2. The summed E-state index contributed by atoms with van der Waals surface area (Å²) >= 11 is 0. The molecule has 11 saturated heterocycles.